The van der Waals surface area contributed by atoms with E-state index in [0.29, 0.717) is 0 Å². The third kappa shape index (κ3) is 18.0. The molecule has 0 bridgehead atoms. The third-order valence-corrected chi connectivity index (χ3v) is 0.806. The molecule has 0 aromatic rings. The molecule has 0 N–H and O–H groups in total. The first kappa shape index (κ1) is 14.1. The van der Waals surface area contributed by atoms with Gasteiger partial charge >= 0.3 is 0 Å². The lowest BCUT2D eigenvalue weighted by Gasteiger charge is -1.71. The Labute approximate surface area is 81.1 Å². The molecule has 0 fully saturated rings. The Morgan fingerprint density at radius 1 is 0.923 bits per heavy atom. The van der Waals surface area contributed by atoms with Crippen molar-refractivity contribution in [2.24, 2.45) is 10.2 Å². The van der Waals surface area contributed by atoms with Crippen molar-refractivity contribution in [1.29, 1.82) is 0 Å². The van der Waals surface area contributed by atoms with Crippen molar-refractivity contribution in [3.8, 4) is 0 Å². The van der Waals surface area contributed by atoms with Gasteiger partial charge in [-0.15, -0.1) is 0 Å². The van der Waals surface area contributed by atoms with E-state index in [4.69, 9.17) is 0 Å². The molecule has 0 unspecified atom stereocenters. The van der Waals surface area contributed by atoms with Crippen LogP contribution in [-0.2, 0) is 0 Å². The molecule has 13 heavy (non-hydrogen) atoms. The van der Waals surface area contributed by atoms with Gasteiger partial charge in [0.15, 0.2) is 0 Å². The number of hydrogen-bond donors (Lipinski definition) is 0. The lowest BCUT2D eigenvalue weighted by molar-refractivity contribution is 1.27. The molecule has 0 aromatic carbocycles. The molecule has 0 aliphatic rings. The highest BCUT2D eigenvalue weighted by molar-refractivity contribution is 5.74. The normalized spacial score (nSPS) is 11.3. The topological polar surface area (TPSA) is 24.7 Å². The highest BCUT2D eigenvalue weighted by Gasteiger charge is 1.60. The summed E-state index contributed by atoms with van der Waals surface area (Å²) >= 11 is 0. The standard InChI is InChI=1S/C9H12N2.C2H6/c1-3-5-6-7-9-11-10-8-4-2;1-2/h3-9H,2H2,1H3;1-2H3/b5-3-,7-6+,10-8+,11-9-;. The summed E-state index contributed by atoms with van der Waals surface area (Å²) in [7, 11) is 0. The van der Waals surface area contributed by atoms with Gasteiger partial charge in [-0.25, -0.2) is 0 Å². The van der Waals surface area contributed by atoms with Gasteiger partial charge in [-0.2, -0.15) is 10.2 Å². The Balaban J connectivity index is 0. The van der Waals surface area contributed by atoms with Crippen LogP contribution in [0.2, 0.25) is 0 Å². The lowest BCUT2D eigenvalue weighted by atomic mass is 10.4. The molecule has 2 heteroatoms. The maximum absolute atomic E-state index is 3.69. The van der Waals surface area contributed by atoms with E-state index in [1.807, 2.05) is 39.0 Å². The minimum Gasteiger partial charge on any atom is -0.159 e. The first-order valence-electron chi connectivity index (χ1n) is 4.37. The average Bonchev–Trinajstić information content (AvgIpc) is 2.20. The molecular formula is C11H18N2. The number of rotatable bonds is 4. The van der Waals surface area contributed by atoms with Crippen LogP contribution in [0.1, 0.15) is 20.8 Å². The van der Waals surface area contributed by atoms with Crippen LogP contribution in [0, 0.1) is 0 Å². The van der Waals surface area contributed by atoms with Crippen molar-refractivity contribution in [2.75, 3.05) is 0 Å². The van der Waals surface area contributed by atoms with Gasteiger partial charge in [0.05, 0.1) is 0 Å². The van der Waals surface area contributed by atoms with Crippen LogP contribution in [0.15, 0.2) is 47.2 Å². The van der Waals surface area contributed by atoms with Crippen LogP contribution in [0.3, 0.4) is 0 Å². The Morgan fingerprint density at radius 3 is 2.08 bits per heavy atom. The molecule has 0 aliphatic heterocycles. The van der Waals surface area contributed by atoms with Gasteiger partial charge in [-0.1, -0.05) is 38.7 Å². The van der Waals surface area contributed by atoms with E-state index >= 15 is 0 Å². The minimum atomic E-state index is 1.53. The van der Waals surface area contributed by atoms with Gasteiger partial charge < -0.3 is 0 Å². The van der Waals surface area contributed by atoms with Crippen LogP contribution in [0.5, 0.6) is 0 Å². The average molecular weight is 178 g/mol. The van der Waals surface area contributed by atoms with Gasteiger partial charge in [0.2, 0.25) is 0 Å². The largest absolute Gasteiger partial charge is 0.159 e. The van der Waals surface area contributed by atoms with Gasteiger partial charge in [-0.3, -0.25) is 0 Å². The quantitative estimate of drug-likeness (QED) is 0.358. The van der Waals surface area contributed by atoms with Gasteiger partial charge in [0.1, 0.15) is 0 Å². The van der Waals surface area contributed by atoms with Crippen molar-refractivity contribution in [3.63, 3.8) is 0 Å². The van der Waals surface area contributed by atoms with Crippen LogP contribution in [0.25, 0.3) is 0 Å². The van der Waals surface area contributed by atoms with Gasteiger partial charge in [-0.05, 0) is 19.1 Å². The molecule has 0 radical (unpaired) electrons. The molecule has 0 atom stereocenters. The first-order valence-corrected chi connectivity index (χ1v) is 4.37. The van der Waals surface area contributed by atoms with Crippen molar-refractivity contribution in [1.82, 2.24) is 0 Å². The maximum atomic E-state index is 3.69. The number of nitrogens with zero attached hydrogens (tertiary/aromatic N) is 2. The van der Waals surface area contributed by atoms with E-state index in [-0.39, 0.29) is 0 Å². The Morgan fingerprint density at radius 2 is 1.54 bits per heavy atom. The second kappa shape index (κ2) is 16.9. The molecule has 0 saturated heterocycles. The zero-order valence-electron chi connectivity index (χ0n) is 8.64. The van der Waals surface area contributed by atoms with Gasteiger partial charge in [0, 0.05) is 12.4 Å². The van der Waals surface area contributed by atoms with Crippen LogP contribution >= 0.6 is 0 Å². The van der Waals surface area contributed by atoms with E-state index in [9.17, 15) is 0 Å². The number of allylic oxidation sites excluding steroid dienone is 5. The van der Waals surface area contributed by atoms with Crippen LogP contribution < -0.4 is 0 Å². The fraction of sp³-hybridized carbons (Fsp3) is 0.273. The van der Waals surface area contributed by atoms with E-state index in [1.54, 1.807) is 18.4 Å². The van der Waals surface area contributed by atoms with Crippen LogP contribution in [0.4, 0.5) is 0 Å². The van der Waals surface area contributed by atoms with Crippen molar-refractivity contribution in [2.45, 2.75) is 20.8 Å². The molecule has 0 aliphatic carbocycles. The fourth-order valence-electron chi connectivity index (χ4n) is 0.388. The smallest absolute Gasteiger partial charge is 0.0495 e. The lowest BCUT2D eigenvalue weighted by Crippen LogP contribution is -1.62. The summed E-state index contributed by atoms with van der Waals surface area (Å²) in [5.41, 5.74) is 0. The third-order valence-electron chi connectivity index (χ3n) is 0.806. The van der Waals surface area contributed by atoms with Crippen molar-refractivity contribution < 1.29 is 0 Å². The van der Waals surface area contributed by atoms with E-state index < -0.39 is 0 Å². The fourth-order valence-corrected chi connectivity index (χ4v) is 0.388. The Kier molecular flexibility index (Phi) is 18.3. The zero-order chi connectivity index (χ0) is 10.4. The highest BCUT2D eigenvalue weighted by atomic mass is 15.2. The SMILES string of the molecule is C=C/C=N/N=C\C=C\C=C/C.CC. The summed E-state index contributed by atoms with van der Waals surface area (Å²) in [5, 5.41) is 7.32. The maximum Gasteiger partial charge on any atom is 0.0495 e. The predicted molar refractivity (Wildman–Crippen MR) is 62.5 cm³/mol. The van der Waals surface area contributed by atoms with E-state index in [0.717, 1.165) is 0 Å². The molecular weight excluding hydrogens is 160 g/mol. The van der Waals surface area contributed by atoms with Gasteiger partial charge in [0.25, 0.3) is 0 Å². The predicted octanol–water partition coefficient (Wildman–Crippen LogP) is 3.39. The molecule has 0 amide bonds. The first-order chi connectivity index (χ1) is 6.41. The van der Waals surface area contributed by atoms with Crippen molar-refractivity contribution >= 4 is 12.4 Å². The molecule has 2 nitrogen and oxygen atoms in total. The summed E-state index contributed by atoms with van der Waals surface area (Å²) in [6.07, 6.45) is 12.3. The van der Waals surface area contributed by atoms with Crippen LogP contribution in [-0.4, -0.2) is 12.4 Å². The second-order valence-electron chi connectivity index (χ2n) is 1.68. The molecule has 0 heterocycles. The summed E-state index contributed by atoms with van der Waals surface area (Å²) in [6.45, 7) is 9.41. The molecule has 0 saturated carbocycles. The molecule has 0 rings (SSSR count). The monoisotopic (exact) mass is 178 g/mol. The highest BCUT2D eigenvalue weighted by Crippen LogP contribution is 1.74. The molecule has 72 valence electrons. The molecule has 0 spiro atoms. The second-order valence-corrected chi connectivity index (χ2v) is 1.68. The molecule has 0 aromatic heterocycles. The minimum absolute atomic E-state index is 1.53. The number of hydrogen-bond acceptors (Lipinski definition) is 2. The van der Waals surface area contributed by atoms with Crippen molar-refractivity contribution in [3.05, 3.63) is 37.0 Å². The summed E-state index contributed by atoms with van der Waals surface area (Å²) < 4.78 is 0. The zero-order valence-corrected chi connectivity index (χ0v) is 8.64. The summed E-state index contributed by atoms with van der Waals surface area (Å²) in [5.74, 6) is 0. The van der Waals surface area contributed by atoms with E-state index in [1.165, 1.54) is 6.21 Å². The Bertz CT molecular complexity index is 198. The Hall–Kier alpha value is -1.44. The summed E-state index contributed by atoms with van der Waals surface area (Å²) in [4.78, 5) is 0. The van der Waals surface area contributed by atoms with E-state index in [2.05, 4.69) is 16.8 Å². The summed E-state index contributed by atoms with van der Waals surface area (Å²) in [6, 6.07) is 0.